The molecule has 0 aromatic heterocycles. The number of benzene rings is 2. The van der Waals surface area contributed by atoms with Gasteiger partial charge in [0.1, 0.15) is 5.75 Å². The van der Waals surface area contributed by atoms with Gasteiger partial charge in [0.2, 0.25) is 0 Å². The van der Waals surface area contributed by atoms with Crippen LogP contribution in [0.3, 0.4) is 0 Å². The fraction of sp³-hybridized carbons (Fsp3) is 0.235. The molecular weight excluding hydrogens is 364 g/mol. The second-order valence-electron chi connectivity index (χ2n) is 5.68. The highest BCUT2D eigenvalue weighted by Crippen LogP contribution is 2.38. The van der Waals surface area contributed by atoms with Gasteiger partial charge in [-0.1, -0.05) is 29.3 Å². The lowest BCUT2D eigenvalue weighted by atomic mass is 10.2. The maximum Gasteiger partial charge on any atom is 0.264 e. The molecule has 0 saturated heterocycles. The lowest BCUT2D eigenvalue weighted by Crippen LogP contribution is -2.50. The molecule has 2 aromatic carbocycles. The number of carbonyl (C=O) groups is 1. The number of rotatable bonds is 3. The van der Waals surface area contributed by atoms with Crippen molar-refractivity contribution in [1.29, 1.82) is 0 Å². The van der Waals surface area contributed by atoms with Crippen LogP contribution in [-0.2, 0) is 14.8 Å². The van der Waals surface area contributed by atoms with E-state index in [4.69, 9.17) is 16.3 Å². The largest absolute Gasteiger partial charge is 0.476 e. The first-order valence-corrected chi connectivity index (χ1v) is 9.42. The Kier molecular flexibility index (Phi) is 4.62. The number of hydrogen-bond donors (Lipinski definition) is 1. The number of sulfonamides is 1. The monoisotopic (exact) mass is 380 g/mol. The summed E-state index contributed by atoms with van der Waals surface area (Å²) < 4.78 is 33.1. The second-order valence-corrected chi connectivity index (χ2v) is 7.98. The van der Waals surface area contributed by atoms with Crippen molar-refractivity contribution >= 4 is 33.2 Å². The Morgan fingerprint density at radius 3 is 2.56 bits per heavy atom. The van der Waals surface area contributed by atoms with E-state index in [1.54, 1.807) is 36.4 Å². The first-order chi connectivity index (χ1) is 11.8. The molecule has 0 fully saturated rings. The van der Waals surface area contributed by atoms with E-state index in [9.17, 15) is 13.2 Å². The van der Waals surface area contributed by atoms with Crippen molar-refractivity contribution < 1.29 is 17.9 Å². The molecule has 0 saturated carbocycles. The summed E-state index contributed by atoms with van der Waals surface area (Å²) in [7, 11) is -2.39. The van der Waals surface area contributed by atoms with Crippen LogP contribution in [0.4, 0.5) is 5.69 Å². The number of fused-ring (bicyclic) bond motifs is 1. The summed E-state index contributed by atoms with van der Waals surface area (Å²) in [5, 5.41) is 2.86. The number of aryl methyl sites for hydroxylation is 1. The van der Waals surface area contributed by atoms with E-state index in [1.165, 1.54) is 17.4 Å². The minimum Gasteiger partial charge on any atom is -0.476 e. The van der Waals surface area contributed by atoms with Crippen LogP contribution in [0.25, 0.3) is 0 Å². The first kappa shape index (κ1) is 17.6. The molecule has 6 nitrogen and oxygen atoms in total. The lowest BCUT2D eigenvalue weighted by molar-refractivity contribution is -0.127. The van der Waals surface area contributed by atoms with E-state index in [0.29, 0.717) is 16.5 Å². The van der Waals surface area contributed by atoms with Crippen molar-refractivity contribution in [2.75, 3.05) is 17.9 Å². The van der Waals surface area contributed by atoms with Crippen LogP contribution < -0.4 is 14.4 Å². The molecule has 132 valence electrons. The maximum atomic E-state index is 13.1. The Morgan fingerprint density at radius 2 is 1.92 bits per heavy atom. The predicted molar refractivity (Wildman–Crippen MR) is 95.6 cm³/mol. The Balaban J connectivity index is 2.11. The van der Waals surface area contributed by atoms with Gasteiger partial charge in [0.25, 0.3) is 15.9 Å². The third kappa shape index (κ3) is 3.29. The molecule has 0 spiro atoms. The Morgan fingerprint density at radius 1 is 1.24 bits per heavy atom. The van der Waals surface area contributed by atoms with Crippen LogP contribution in [0.2, 0.25) is 5.02 Å². The van der Waals surface area contributed by atoms with Gasteiger partial charge in [-0.05, 0) is 37.3 Å². The van der Waals surface area contributed by atoms with Crippen molar-refractivity contribution in [3.8, 4) is 5.75 Å². The van der Waals surface area contributed by atoms with Crippen molar-refractivity contribution in [2.45, 2.75) is 17.9 Å². The van der Waals surface area contributed by atoms with Crippen LogP contribution >= 0.6 is 11.6 Å². The number of anilines is 1. The number of hydrogen-bond acceptors (Lipinski definition) is 4. The van der Waals surface area contributed by atoms with Gasteiger partial charge in [-0.2, -0.15) is 0 Å². The molecule has 0 unspecified atom stereocenters. The smallest absolute Gasteiger partial charge is 0.264 e. The summed E-state index contributed by atoms with van der Waals surface area (Å²) in [4.78, 5) is 12.2. The molecule has 1 N–H and O–H groups in total. The number of amides is 1. The van der Waals surface area contributed by atoms with E-state index in [-0.39, 0.29) is 11.4 Å². The van der Waals surface area contributed by atoms with Crippen LogP contribution in [0, 0.1) is 6.92 Å². The normalized spacial score (nSPS) is 16.8. The van der Waals surface area contributed by atoms with Crippen LogP contribution in [0.15, 0.2) is 47.4 Å². The van der Waals surface area contributed by atoms with Gasteiger partial charge >= 0.3 is 0 Å². The Bertz CT molecular complexity index is 913. The third-order valence-electron chi connectivity index (χ3n) is 3.94. The number of nitrogens with one attached hydrogen (secondary N) is 1. The van der Waals surface area contributed by atoms with Crippen LogP contribution in [-0.4, -0.2) is 34.0 Å². The third-order valence-corrected chi connectivity index (χ3v) is 5.97. The van der Waals surface area contributed by atoms with Gasteiger partial charge in [-0.15, -0.1) is 0 Å². The molecule has 25 heavy (non-hydrogen) atoms. The zero-order valence-electron chi connectivity index (χ0n) is 13.7. The van der Waals surface area contributed by atoms with Crippen molar-refractivity contribution in [2.24, 2.45) is 0 Å². The summed E-state index contributed by atoms with van der Waals surface area (Å²) in [6, 6.07) is 11.2. The van der Waals surface area contributed by atoms with Crippen molar-refractivity contribution in [3.05, 3.63) is 53.1 Å². The Labute approximate surface area is 151 Å². The summed E-state index contributed by atoms with van der Waals surface area (Å²) in [5.74, 6) is -0.107. The second kappa shape index (κ2) is 6.57. The molecule has 2 aromatic rings. The highest BCUT2D eigenvalue weighted by molar-refractivity contribution is 7.92. The highest BCUT2D eigenvalue weighted by Gasteiger charge is 2.37. The maximum absolute atomic E-state index is 13.1. The molecule has 0 aliphatic carbocycles. The molecule has 1 heterocycles. The zero-order chi connectivity index (χ0) is 18.2. The minimum atomic E-state index is -3.87. The SMILES string of the molecule is CNC(=O)[C@@H]1CN(S(=O)(=O)c2ccc(C)cc2)c2cc(Cl)ccc2O1. The molecule has 1 amide bonds. The standard InChI is InChI=1S/C17H17ClN2O4S/c1-11-3-6-13(7-4-11)25(22,23)20-10-16(17(21)19-2)24-15-8-5-12(18)9-14(15)20/h3-9,16H,10H2,1-2H3,(H,19,21)/t16-/m0/s1. The molecule has 1 atom stereocenters. The van der Waals surface area contributed by atoms with Gasteiger partial charge in [0, 0.05) is 12.1 Å². The van der Waals surface area contributed by atoms with E-state index in [2.05, 4.69) is 5.32 Å². The van der Waals surface area contributed by atoms with Gasteiger partial charge in [-0.25, -0.2) is 8.42 Å². The molecule has 0 bridgehead atoms. The molecular formula is C17H17ClN2O4S. The average molecular weight is 381 g/mol. The summed E-state index contributed by atoms with van der Waals surface area (Å²) >= 11 is 6.03. The number of carbonyl (C=O) groups excluding carboxylic acids is 1. The fourth-order valence-corrected chi connectivity index (χ4v) is 4.22. The topological polar surface area (TPSA) is 75.7 Å². The Hall–Kier alpha value is -2.25. The zero-order valence-corrected chi connectivity index (χ0v) is 15.3. The molecule has 8 heteroatoms. The van der Waals surface area contributed by atoms with Gasteiger partial charge < -0.3 is 10.1 Å². The molecule has 1 aliphatic rings. The van der Waals surface area contributed by atoms with E-state index < -0.39 is 22.0 Å². The van der Waals surface area contributed by atoms with E-state index in [0.717, 1.165) is 5.56 Å². The quantitative estimate of drug-likeness (QED) is 0.886. The number of halogens is 1. The van der Waals surface area contributed by atoms with E-state index >= 15 is 0 Å². The number of ether oxygens (including phenoxy) is 1. The van der Waals surface area contributed by atoms with Gasteiger partial charge in [-0.3, -0.25) is 9.10 Å². The minimum absolute atomic E-state index is 0.136. The first-order valence-electron chi connectivity index (χ1n) is 7.60. The molecule has 3 rings (SSSR count). The van der Waals surface area contributed by atoms with Gasteiger partial charge in [0.05, 0.1) is 17.1 Å². The summed E-state index contributed by atoms with van der Waals surface area (Å²) in [6.45, 7) is 1.74. The summed E-state index contributed by atoms with van der Waals surface area (Å²) in [6.07, 6.45) is -0.945. The van der Waals surface area contributed by atoms with Crippen molar-refractivity contribution in [1.82, 2.24) is 5.32 Å². The van der Waals surface area contributed by atoms with Crippen LogP contribution in [0.1, 0.15) is 5.56 Å². The molecule has 0 radical (unpaired) electrons. The van der Waals surface area contributed by atoms with Crippen LogP contribution in [0.5, 0.6) is 5.75 Å². The van der Waals surface area contributed by atoms with Crippen molar-refractivity contribution in [3.63, 3.8) is 0 Å². The average Bonchev–Trinajstić information content (AvgIpc) is 2.60. The number of likely N-dealkylation sites (N-methyl/N-ethyl adjacent to an activating group) is 1. The molecule has 1 aliphatic heterocycles. The number of nitrogens with zero attached hydrogens (tertiary/aromatic N) is 1. The lowest BCUT2D eigenvalue weighted by Gasteiger charge is -2.34. The summed E-state index contributed by atoms with van der Waals surface area (Å²) in [5.41, 5.74) is 1.26. The predicted octanol–water partition coefficient (Wildman–Crippen LogP) is 2.35. The highest BCUT2D eigenvalue weighted by atomic mass is 35.5. The van der Waals surface area contributed by atoms with Gasteiger partial charge in [0.15, 0.2) is 6.10 Å². The fourth-order valence-electron chi connectivity index (χ4n) is 2.59. The van der Waals surface area contributed by atoms with E-state index in [1.807, 2.05) is 6.92 Å².